The Labute approximate surface area is 173 Å². The van der Waals surface area contributed by atoms with Gasteiger partial charge in [0.2, 0.25) is 0 Å². The lowest BCUT2D eigenvalue weighted by atomic mass is 9.68. The predicted molar refractivity (Wildman–Crippen MR) is 115 cm³/mol. The van der Waals surface area contributed by atoms with E-state index in [2.05, 4.69) is 29.6 Å². The van der Waals surface area contributed by atoms with Crippen molar-refractivity contribution in [2.24, 2.45) is 0 Å². The van der Waals surface area contributed by atoms with Crippen LogP contribution in [0.2, 0.25) is 5.02 Å². The summed E-state index contributed by atoms with van der Waals surface area (Å²) in [5.74, 6) is 0. The molecule has 1 unspecified atom stereocenters. The lowest BCUT2D eigenvalue weighted by Gasteiger charge is -2.46. The second-order valence-electron chi connectivity index (χ2n) is 8.54. The molecule has 0 amide bonds. The molecule has 3 nitrogen and oxygen atoms in total. The lowest BCUT2D eigenvalue weighted by Crippen LogP contribution is -2.47. The van der Waals surface area contributed by atoms with E-state index in [0.29, 0.717) is 0 Å². The van der Waals surface area contributed by atoms with Crippen molar-refractivity contribution >= 4 is 11.6 Å². The van der Waals surface area contributed by atoms with Gasteiger partial charge in [-0.2, -0.15) is 0 Å². The van der Waals surface area contributed by atoms with Gasteiger partial charge in [-0.05, 0) is 81.4 Å². The van der Waals surface area contributed by atoms with Gasteiger partial charge in [-0.1, -0.05) is 42.6 Å². The van der Waals surface area contributed by atoms with Crippen LogP contribution in [0.3, 0.4) is 0 Å². The van der Waals surface area contributed by atoms with Gasteiger partial charge in [0.15, 0.2) is 0 Å². The van der Waals surface area contributed by atoms with E-state index in [9.17, 15) is 0 Å². The monoisotopic (exact) mass is 398 g/mol. The summed E-state index contributed by atoms with van der Waals surface area (Å²) >= 11 is 5.97. The summed E-state index contributed by atoms with van der Waals surface area (Å²) in [5.41, 5.74) is 2.81. The molecule has 1 aromatic carbocycles. The van der Waals surface area contributed by atoms with E-state index in [1.54, 1.807) is 0 Å². The van der Waals surface area contributed by atoms with Crippen LogP contribution < -0.4 is 5.32 Å². The van der Waals surface area contributed by atoms with Crippen LogP contribution in [-0.4, -0.2) is 30.3 Å². The molecule has 4 heteroatoms. The summed E-state index contributed by atoms with van der Waals surface area (Å²) in [6.07, 6.45) is 11.3. The SMILES string of the molecule is Clc1ccc(CCNCCC2(c3ccccn3)CCOC3(CCCC3)C2)cc1. The summed E-state index contributed by atoms with van der Waals surface area (Å²) in [4.78, 5) is 4.79. The van der Waals surface area contributed by atoms with Gasteiger partial charge in [0.05, 0.1) is 5.60 Å². The third-order valence-electron chi connectivity index (χ3n) is 6.66. The van der Waals surface area contributed by atoms with E-state index in [1.807, 2.05) is 24.4 Å². The number of aromatic nitrogens is 1. The first-order valence-electron chi connectivity index (χ1n) is 10.7. The Morgan fingerprint density at radius 2 is 1.82 bits per heavy atom. The molecule has 1 atom stereocenters. The van der Waals surface area contributed by atoms with Crippen molar-refractivity contribution in [2.45, 2.75) is 62.4 Å². The number of benzene rings is 1. The molecule has 1 spiro atoms. The molecule has 4 rings (SSSR count). The number of hydrogen-bond acceptors (Lipinski definition) is 3. The van der Waals surface area contributed by atoms with E-state index >= 15 is 0 Å². The molecular formula is C24H31ClN2O. The van der Waals surface area contributed by atoms with E-state index < -0.39 is 0 Å². The van der Waals surface area contributed by atoms with Crippen LogP contribution in [0, 0.1) is 0 Å². The molecule has 0 radical (unpaired) electrons. The van der Waals surface area contributed by atoms with Gasteiger partial charge in [0.25, 0.3) is 0 Å². The van der Waals surface area contributed by atoms with E-state index in [4.69, 9.17) is 21.3 Å². The average Bonchev–Trinajstić information content (AvgIpc) is 3.17. The second-order valence-corrected chi connectivity index (χ2v) is 8.97. The number of pyridine rings is 1. The van der Waals surface area contributed by atoms with Crippen LogP contribution in [0.15, 0.2) is 48.7 Å². The minimum atomic E-state index is 0.0963. The Bertz CT molecular complexity index is 743. The first-order valence-corrected chi connectivity index (χ1v) is 11.1. The lowest BCUT2D eigenvalue weighted by molar-refractivity contribution is -0.104. The molecule has 2 heterocycles. The number of nitrogens with zero attached hydrogens (tertiary/aromatic N) is 1. The Morgan fingerprint density at radius 3 is 2.57 bits per heavy atom. The summed E-state index contributed by atoms with van der Waals surface area (Å²) in [5, 5.41) is 4.47. The minimum absolute atomic E-state index is 0.0963. The van der Waals surface area contributed by atoms with Crippen LogP contribution >= 0.6 is 11.6 Å². The van der Waals surface area contributed by atoms with Gasteiger partial charge in [-0.3, -0.25) is 4.98 Å². The maximum atomic E-state index is 6.34. The highest BCUT2D eigenvalue weighted by atomic mass is 35.5. The highest BCUT2D eigenvalue weighted by Crippen LogP contribution is 2.49. The normalized spacial score (nSPS) is 23.9. The predicted octanol–water partition coefficient (Wildman–Crippen LogP) is 5.32. The van der Waals surface area contributed by atoms with Crippen LogP contribution in [0.5, 0.6) is 0 Å². The van der Waals surface area contributed by atoms with Crippen molar-refractivity contribution in [2.75, 3.05) is 19.7 Å². The fraction of sp³-hybridized carbons (Fsp3) is 0.542. The summed E-state index contributed by atoms with van der Waals surface area (Å²) in [6.45, 7) is 2.86. The van der Waals surface area contributed by atoms with Crippen molar-refractivity contribution in [3.05, 3.63) is 64.9 Å². The van der Waals surface area contributed by atoms with E-state index in [1.165, 1.54) is 36.9 Å². The molecule has 2 fully saturated rings. The fourth-order valence-electron chi connectivity index (χ4n) is 5.13. The highest BCUT2D eigenvalue weighted by molar-refractivity contribution is 6.30. The third-order valence-corrected chi connectivity index (χ3v) is 6.91. The number of halogens is 1. The van der Waals surface area contributed by atoms with Gasteiger partial charge in [0, 0.05) is 28.9 Å². The van der Waals surface area contributed by atoms with Crippen LogP contribution in [0.4, 0.5) is 0 Å². The maximum absolute atomic E-state index is 6.34. The standard InChI is InChI=1S/C24H31ClN2O/c25-21-8-6-20(7-9-21)10-16-26-17-13-23(22-5-1-4-15-27-22)14-18-28-24(19-23)11-2-3-12-24/h1,4-9,15,26H,2-3,10-14,16-19H2. The third kappa shape index (κ3) is 4.59. The van der Waals surface area contributed by atoms with E-state index in [0.717, 1.165) is 50.4 Å². The zero-order valence-corrected chi connectivity index (χ0v) is 17.4. The minimum Gasteiger partial charge on any atom is -0.375 e. The molecule has 1 aliphatic heterocycles. The molecule has 150 valence electrons. The number of ether oxygens (including phenoxy) is 1. The molecule has 2 aliphatic rings. The van der Waals surface area contributed by atoms with Gasteiger partial charge in [-0.15, -0.1) is 0 Å². The molecular weight excluding hydrogens is 368 g/mol. The van der Waals surface area contributed by atoms with Crippen molar-refractivity contribution < 1.29 is 4.74 Å². The molecule has 1 saturated heterocycles. The molecule has 0 bridgehead atoms. The van der Waals surface area contributed by atoms with Crippen molar-refractivity contribution in [1.82, 2.24) is 10.3 Å². The topological polar surface area (TPSA) is 34.2 Å². The Hall–Kier alpha value is -1.42. The van der Waals surface area contributed by atoms with Gasteiger partial charge >= 0.3 is 0 Å². The van der Waals surface area contributed by atoms with Crippen molar-refractivity contribution in [3.8, 4) is 0 Å². The van der Waals surface area contributed by atoms with Crippen molar-refractivity contribution in [1.29, 1.82) is 0 Å². The number of hydrogen-bond donors (Lipinski definition) is 1. The van der Waals surface area contributed by atoms with Gasteiger partial charge in [-0.25, -0.2) is 0 Å². The van der Waals surface area contributed by atoms with Gasteiger partial charge in [0.1, 0.15) is 0 Å². The first-order chi connectivity index (χ1) is 13.7. The number of nitrogens with one attached hydrogen (secondary N) is 1. The first kappa shape index (κ1) is 19.9. The molecule has 1 aliphatic carbocycles. The van der Waals surface area contributed by atoms with Gasteiger partial charge < -0.3 is 10.1 Å². The summed E-state index contributed by atoms with van der Waals surface area (Å²) < 4.78 is 6.34. The average molecular weight is 399 g/mol. The zero-order valence-electron chi connectivity index (χ0n) is 16.6. The second kappa shape index (κ2) is 8.94. The maximum Gasteiger partial charge on any atom is 0.0691 e. The Kier molecular flexibility index (Phi) is 6.35. The molecule has 2 aromatic rings. The fourth-order valence-corrected chi connectivity index (χ4v) is 5.26. The smallest absolute Gasteiger partial charge is 0.0691 e. The Balaban J connectivity index is 1.38. The number of rotatable bonds is 7. The van der Waals surface area contributed by atoms with Crippen LogP contribution in [-0.2, 0) is 16.6 Å². The van der Waals surface area contributed by atoms with Crippen LogP contribution in [0.25, 0.3) is 0 Å². The molecule has 1 N–H and O–H groups in total. The highest BCUT2D eigenvalue weighted by Gasteiger charge is 2.48. The zero-order chi connectivity index (χ0) is 19.3. The Morgan fingerprint density at radius 1 is 1.00 bits per heavy atom. The molecule has 1 saturated carbocycles. The van der Waals surface area contributed by atoms with E-state index in [-0.39, 0.29) is 11.0 Å². The summed E-state index contributed by atoms with van der Waals surface area (Å²) in [7, 11) is 0. The quantitative estimate of drug-likeness (QED) is 0.641. The van der Waals surface area contributed by atoms with Crippen molar-refractivity contribution in [3.63, 3.8) is 0 Å². The molecule has 28 heavy (non-hydrogen) atoms. The van der Waals surface area contributed by atoms with Crippen LogP contribution in [0.1, 0.15) is 56.2 Å². The molecule has 1 aromatic heterocycles. The largest absolute Gasteiger partial charge is 0.375 e. The summed E-state index contributed by atoms with van der Waals surface area (Å²) in [6, 6.07) is 14.5.